The maximum Gasteiger partial charge on any atom is 0.281 e. The Balaban J connectivity index is 1.59. The molecule has 1 fully saturated rings. The molecule has 0 bridgehead atoms. The number of anilines is 1. The molecular formula is C26H23ClN2O3S. The first-order valence-electron chi connectivity index (χ1n) is 10.4. The minimum absolute atomic E-state index is 0.200. The smallest absolute Gasteiger partial charge is 0.281 e. The molecule has 1 N–H and O–H groups in total. The second-order valence-electron chi connectivity index (χ2n) is 7.71. The molecule has 1 heterocycles. The van der Waals surface area contributed by atoms with Gasteiger partial charge in [0.05, 0.1) is 17.8 Å². The van der Waals surface area contributed by atoms with E-state index in [-0.39, 0.29) is 12.5 Å². The lowest BCUT2D eigenvalue weighted by Gasteiger charge is -2.16. The van der Waals surface area contributed by atoms with Crippen LogP contribution < -0.4 is 19.7 Å². The largest absolute Gasteiger partial charge is 0.496 e. The molecule has 3 aromatic rings. The first-order chi connectivity index (χ1) is 15.9. The van der Waals surface area contributed by atoms with Crippen LogP contribution in [0.3, 0.4) is 0 Å². The van der Waals surface area contributed by atoms with Crippen molar-refractivity contribution < 1.29 is 14.3 Å². The van der Waals surface area contributed by atoms with Crippen LogP contribution in [0, 0.1) is 13.8 Å². The molecule has 1 amide bonds. The van der Waals surface area contributed by atoms with Gasteiger partial charge in [0.15, 0.2) is 5.11 Å². The number of benzene rings is 3. The third-order valence-electron chi connectivity index (χ3n) is 5.32. The fourth-order valence-electron chi connectivity index (χ4n) is 3.61. The van der Waals surface area contributed by atoms with Crippen LogP contribution in [0.5, 0.6) is 11.5 Å². The van der Waals surface area contributed by atoms with E-state index in [0.717, 1.165) is 27.9 Å². The van der Waals surface area contributed by atoms with Crippen molar-refractivity contribution in [3.8, 4) is 11.5 Å². The van der Waals surface area contributed by atoms with Gasteiger partial charge in [-0.2, -0.15) is 0 Å². The molecule has 1 aliphatic heterocycles. The SMILES string of the molecule is COc1ccc(/C=C2/NC(=S)N(c3ccccc3C)C2=O)cc1COc1ccc(C)cc1Cl. The van der Waals surface area contributed by atoms with E-state index in [9.17, 15) is 4.79 Å². The van der Waals surface area contributed by atoms with Gasteiger partial charge in [0, 0.05) is 5.56 Å². The Morgan fingerprint density at radius 2 is 1.82 bits per heavy atom. The highest BCUT2D eigenvalue weighted by molar-refractivity contribution is 7.80. The molecule has 0 spiro atoms. The number of ether oxygens (including phenoxy) is 2. The molecule has 5 nitrogen and oxygen atoms in total. The van der Waals surface area contributed by atoms with Crippen LogP contribution in [-0.4, -0.2) is 18.1 Å². The number of carbonyl (C=O) groups is 1. The van der Waals surface area contributed by atoms with Crippen molar-refractivity contribution in [2.75, 3.05) is 12.0 Å². The number of thiocarbonyl (C=S) groups is 1. The summed E-state index contributed by atoms with van der Waals surface area (Å²) in [5, 5.41) is 3.94. The van der Waals surface area contributed by atoms with Crippen molar-refractivity contribution in [2.45, 2.75) is 20.5 Å². The summed E-state index contributed by atoms with van der Waals surface area (Å²) in [5.74, 6) is 1.08. The van der Waals surface area contributed by atoms with Crippen molar-refractivity contribution in [2.24, 2.45) is 0 Å². The predicted molar refractivity (Wildman–Crippen MR) is 136 cm³/mol. The van der Waals surface area contributed by atoms with Crippen molar-refractivity contribution in [3.05, 3.63) is 93.6 Å². The third-order valence-corrected chi connectivity index (χ3v) is 5.90. The zero-order chi connectivity index (χ0) is 23.5. The Labute approximate surface area is 203 Å². The molecule has 0 radical (unpaired) electrons. The molecule has 0 atom stereocenters. The summed E-state index contributed by atoms with van der Waals surface area (Å²) in [6, 6.07) is 18.9. The van der Waals surface area contributed by atoms with Gasteiger partial charge in [-0.05, 0) is 79.2 Å². The van der Waals surface area contributed by atoms with Crippen molar-refractivity contribution >= 4 is 46.6 Å². The first-order valence-corrected chi connectivity index (χ1v) is 11.1. The second-order valence-corrected chi connectivity index (χ2v) is 8.50. The zero-order valence-corrected chi connectivity index (χ0v) is 20.1. The molecule has 168 valence electrons. The van der Waals surface area contributed by atoms with Crippen LogP contribution in [0.1, 0.15) is 22.3 Å². The molecule has 7 heteroatoms. The zero-order valence-electron chi connectivity index (χ0n) is 18.5. The second kappa shape index (κ2) is 9.65. The molecule has 3 aromatic carbocycles. The summed E-state index contributed by atoms with van der Waals surface area (Å²) < 4.78 is 11.4. The summed E-state index contributed by atoms with van der Waals surface area (Å²) in [5.41, 5.74) is 4.84. The summed E-state index contributed by atoms with van der Waals surface area (Å²) in [4.78, 5) is 14.6. The number of methoxy groups -OCH3 is 1. The van der Waals surface area contributed by atoms with Gasteiger partial charge in [-0.3, -0.25) is 9.69 Å². The number of carbonyl (C=O) groups excluding carboxylic acids is 1. The lowest BCUT2D eigenvalue weighted by atomic mass is 10.1. The van der Waals surface area contributed by atoms with Crippen molar-refractivity contribution in [3.63, 3.8) is 0 Å². The van der Waals surface area contributed by atoms with Crippen LogP contribution in [0.2, 0.25) is 5.02 Å². The maximum absolute atomic E-state index is 13.1. The number of para-hydroxylation sites is 1. The number of amides is 1. The average Bonchev–Trinajstić information content (AvgIpc) is 3.06. The van der Waals surface area contributed by atoms with Crippen molar-refractivity contribution in [1.29, 1.82) is 0 Å². The van der Waals surface area contributed by atoms with Crippen molar-refractivity contribution in [1.82, 2.24) is 5.32 Å². The van der Waals surface area contributed by atoms with E-state index in [0.29, 0.717) is 27.3 Å². The van der Waals surface area contributed by atoms with E-state index in [1.54, 1.807) is 13.2 Å². The molecule has 0 aliphatic carbocycles. The summed E-state index contributed by atoms with van der Waals surface area (Å²) in [6.45, 7) is 4.18. The number of hydrogen-bond donors (Lipinski definition) is 1. The average molecular weight is 479 g/mol. The number of halogens is 1. The monoisotopic (exact) mass is 478 g/mol. The fourth-order valence-corrected chi connectivity index (χ4v) is 4.20. The van der Waals surface area contributed by atoms with Crippen LogP contribution >= 0.6 is 23.8 Å². The standard InChI is InChI=1S/C26H23ClN2O3S/c1-16-8-10-24(20(27)12-16)32-15-19-13-18(9-11-23(19)31-3)14-21-25(30)29(26(33)28-21)22-7-5-4-6-17(22)2/h4-14H,15H2,1-3H3,(H,28,33)/b21-14+. The number of hydrogen-bond acceptors (Lipinski definition) is 4. The molecular weight excluding hydrogens is 456 g/mol. The van der Waals surface area contributed by atoms with Crippen LogP contribution in [0.15, 0.2) is 66.4 Å². The van der Waals surface area contributed by atoms with E-state index in [4.69, 9.17) is 33.3 Å². The predicted octanol–water partition coefficient (Wildman–Crippen LogP) is 5.81. The minimum atomic E-state index is -0.200. The van der Waals surface area contributed by atoms with Crippen LogP contribution in [0.4, 0.5) is 5.69 Å². The molecule has 0 saturated carbocycles. The van der Waals surface area contributed by atoms with Gasteiger partial charge in [-0.25, -0.2) is 0 Å². The van der Waals surface area contributed by atoms with Gasteiger partial charge < -0.3 is 14.8 Å². The van der Waals surface area contributed by atoms with Gasteiger partial charge >= 0.3 is 0 Å². The fraction of sp³-hybridized carbons (Fsp3) is 0.154. The van der Waals surface area contributed by atoms with E-state index in [2.05, 4.69) is 5.32 Å². The Bertz CT molecular complexity index is 1270. The Morgan fingerprint density at radius 1 is 1.06 bits per heavy atom. The summed E-state index contributed by atoms with van der Waals surface area (Å²) >= 11 is 11.7. The first kappa shape index (κ1) is 22.8. The lowest BCUT2D eigenvalue weighted by Crippen LogP contribution is -2.30. The quantitative estimate of drug-likeness (QED) is 0.358. The minimum Gasteiger partial charge on any atom is -0.496 e. The Morgan fingerprint density at radius 3 is 2.55 bits per heavy atom. The summed E-state index contributed by atoms with van der Waals surface area (Å²) in [7, 11) is 1.61. The number of aryl methyl sites for hydroxylation is 2. The normalized spacial score (nSPS) is 14.5. The van der Waals surface area contributed by atoms with E-state index < -0.39 is 0 Å². The summed E-state index contributed by atoms with van der Waals surface area (Å²) in [6.07, 6.45) is 1.77. The topological polar surface area (TPSA) is 50.8 Å². The molecule has 0 aromatic heterocycles. The van der Waals surface area contributed by atoms with Gasteiger partial charge in [0.2, 0.25) is 0 Å². The maximum atomic E-state index is 13.1. The number of nitrogens with zero attached hydrogens (tertiary/aromatic N) is 1. The molecule has 0 unspecified atom stereocenters. The Hall–Kier alpha value is -3.35. The van der Waals surface area contributed by atoms with Gasteiger partial charge in [0.1, 0.15) is 23.8 Å². The molecule has 1 saturated heterocycles. The van der Waals surface area contributed by atoms with Gasteiger partial charge in [-0.1, -0.05) is 41.9 Å². The highest BCUT2D eigenvalue weighted by Crippen LogP contribution is 2.29. The number of rotatable bonds is 6. The highest BCUT2D eigenvalue weighted by atomic mass is 35.5. The molecule has 4 rings (SSSR count). The number of nitrogens with one attached hydrogen (secondary N) is 1. The Kier molecular flexibility index (Phi) is 6.67. The third kappa shape index (κ3) is 4.87. The van der Waals surface area contributed by atoms with Crippen LogP contribution in [-0.2, 0) is 11.4 Å². The molecule has 33 heavy (non-hydrogen) atoms. The van der Waals surface area contributed by atoms with Gasteiger partial charge in [-0.15, -0.1) is 0 Å². The highest BCUT2D eigenvalue weighted by Gasteiger charge is 2.32. The van der Waals surface area contributed by atoms with Gasteiger partial charge in [0.25, 0.3) is 5.91 Å². The van der Waals surface area contributed by atoms with E-state index >= 15 is 0 Å². The lowest BCUT2D eigenvalue weighted by molar-refractivity contribution is -0.113. The van der Waals surface area contributed by atoms with E-state index in [1.165, 1.54) is 4.90 Å². The van der Waals surface area contributed by atoms with Crippen LogP contribution in [0.25, 0.3) is 6.08 Å². The van der Waals surface area contributed by atoms with E-state index in [1.807, 2.05) is 74.5 Å². The molecule has 1 aliphatic rings.